The maximum Gasteiger partial charge on any atom is 0.407 e. The third-order valence-electron chi connectivity index (χ3n) is 2.05. The monoisotopic (exact) mass is 260 g/mol. The Labute approximate surface area is 109 Å². The number of isocyanates is 1. The van der Waals surface area contributed by atoms with E-state index in [1.165, 1.54) is 6.08 Å². The second-order valence-corrected chi connectivity index (χ2v) is 3.44. The number of carbonyl (C=O) groups is 1. The van der Waals surface area contributed by atoms with Crippen molar-refractivity contribution in [2.24, 2.45) is 4.99 Å². The number of hydrogen-bond acceptors (Lipinski definition) is 5. The van der Waals surface area contributed by atoms with Crippen LogP contribution in [0, 0.1) is 0 Å². The number of unbranched alkanes of at least 4 members (excludes halogenated alkanes) is 3. The summed E-state index contributed by atoms with van der Waals surface area (Å²) < 4.78 is 9.55. The molecule has 0 aromatic rings. The summed E-state index contributed by atoms with van der Waals surface area (Å²) in [6.45, 7) is 1.81. The Morgan fingerprint density at radius 1 is 1.22 bits per heavy atom. The average Bonchev–Trinajstić information content (AvgIpc) is 2.33. The smallest absolute Gasteiger partial charge is 0.407 e. The lowest BCUT2D eigenvalue weighted by Gasteiger charge is -2.06. The van der Waals surface area contributed by atoms with Gasteiger partial charge < -0.3 is 14.8 Å². The van der Waals surface area contributed by atoms with E-state index in [2.05, 4.69) is 10.3 Å². The van der Waals surface area contributed by atoms with E-state index >= 15 is 0 Å². The number of carbonyl (C=O) groups excluding carboxylic acids is 2. The van der Waals surface area contributed by atoms with Crippen molar-refractivity contribution in [3.63, 3.8) is 0 Å². The van der Waals surface area contributed by atoms with Crippen LogP contribution in [0.3, 0.4) is 0 Å². The predicted molar refractivity (Wildman–Crippen MR) is 69.4 cm³/mol. The SMILES string of the molecule is C.COCCOC(=O)NCCCCCCN=C=O. The number of amides is 1. The molecule has 0 rings (SSSR count). The zero-order chi connectivity index (χ0) is 12.8. The molecule has 0 unspecified atom stereocenters. The molecule has 0 radical (unpaired) electrons. The van der Waals surface area contributed by atoms with Gasteiger partial charge in [-0.15, -0.1) is 0 Å². The van der Waals surface area contributed by atoms with Gasteiger partial charge in [-0.25, -0.2) is 14.6 Å². The van der Waals surface area contributed by atoms with Crippen LogP contribution < -0.4 is 5.32 Å². The molecule has 0 saturated heterocycles. The van der Waals surface area contributed by atoms with Crippen molar-refractivity contribution in [2.45, 2.75) is 33.1 Å². The number of alkyl carbamates (subject to hydrolysis) is 1. The Morgan fingerprint density at radius 3 is 2.61 bits per heavy atom. The highest BCUT2D eigenvalue weighted by molar-refractivity contribution is 5.66. The van der Waals surface area contributed by atoms with Crippen molar-refractivity contribution in [2.75, 3.05) is 33.4 Å². The van der Waals surface area contributed by atoms with Crippen LogP contribution in [0.2, 0.25) is 0 Å². The van der Waals surface area contributed by atoms with E-state index in [1.54, 1.807) is 7.11 Å². The van der Waals surface area contributed by atoms with Crippen LogP contribution >= 0.6 is 0 Å². The van der Waals surface area contributed by atoms with E-state index in [-0.39, 0.29) is 14.0 Å². The second kappa shape index (κ2) is 15.6. The van der Waals surface area contributed by atoms with Crippen molar-refractivity contribution in [3.8, 4) is 0 Å². The van der Waals surface area contributed by atoms with Crippen molar-refractivity contribution >= 4 is 12.2 Å². The molecule has 18 heavy (non-hydrogen) atoms. The molecule has 0 aromatic carbocycles. The quantitative estimate of drug-likeness (QED) is 0.369. The molecule has 0 spiro atoms. The highest BCUT2D eigenvalue weighted by atomic mass is 16.6. The molecule has 106 valence electrons. The molecule has 0 aliphatic carbocycles. The molecule has 1 amide bonds. The molecule has 6 nitrogen and oxygen atoms in total. The van der Waals surface area contributed by atoms with Gasteiger partial charge in [0.2, 0.25) is 6.08 Å². The highest BCUT2D eigenvalue weighted by Crippen LogP contribution is 1.98. The largest absolute Gasteiger partial charge is 0.447 e. The Morgan fingerprint density at radius 2 is 1.94 bits per heavy atom. The number of rotatable bonds is 10. The van der Waals surface area contributed by atoms with Gasteiger partial charge in [-0.1, -0.05) is 20.3 Å². The molecular formula is C12H24N2O4. The van der Waals surface area contributed by atoms with Gasteiger partial charge in [0.1, 0.15) is 6.61 Å². The summed E-state index contributed by atoms with van der Waals surface area (Å²) in [5, 5.41) is 2.64. The zero-order valence-electron chi connectivity index (χ0n) is 10.2. The molecule has 0 aliphatic rings. The third-order valence-corrected chi connectivity index (χ3v) is 2.05. The van der Waals surface area contributed by atoms with Gasteiger partial charge in [-0.3, -0.25) is 0 Å². The van der Waals surface area contributed by atoms with E-state index in [0.29, 0.717) is 19.7 Å². The van der Waals surface area contributed by atoms with Crippen LogP contribution in [-0.4, -0.2) is 45.6 Å². The van der Waals surface area contributed by atoms with Crippen LogP contribution in [0.15, 0.2) is 4.99 Å². The number of ether oxygens (including phenoxy) is 2. The molecule has 6 heteroatoms. The lowest BCUT2D eigenvalue weighted by Crippen LogP contribution is -2.26. The van der Waals surface area contributed by atoms with Gasteiger partial charge in [0.25, 0.3) is 0 Å². The van der Waals surface area contributed by atoms with Gasteiger partial charge in [0.15, 0.2) is 0 Å². The summed E-state index contributed by atoms with van der Waals surface area (Å²) in [5.41, 5.74) is 0. The summed E-state index contributed by atoms with van der Waals surface area (Å²) >= 11 is 0. The molecule has 0 fully saturated rings. The lowest BCUT2D eigenvalue weighted by atomic mass is 10.2. The first-order valence-electron chi connectivity index (χ1n) is 5.74. The minimum absolute atomic E-state index is 0. The van der Waals surface area contributed by atoms with Crippen LogP contribution in [0.5, 0.6) is 0 Å². The summed E-state index contributed by atoms with van der Waals surface area (Å²) in [6.07, 6.45) is 4.85. The normalized spacial score (nSPS) is 8.94. The fourth-order valence-electron chi connectivity index (χ4n) is 1.17. The van der Waals surface area contributed by atoms with Crippen LogP contribution in [0.1, 0.15) is 33.1 Å². The van der Waals surface area contributed by atoms with E-state index in [4.69, 9.17) is 9.47 Å². The molecule has 1 N–H and O–H groups in total. The first-order valence-corrected chi connectivity index (χ1v) is 5.74. The van der Waals surface area contributed by atoms with E-state index in [1.807, 2.05) is 0 Å². The van der Waals surface area contributed by atoms with Crippen molar-refractivity contribution < 1.29 is 19.1 Å². The lowest BCUT2D eigenvalue weighted by molar-refractivity contribution is 0.0985. The molecule has 0 heterocycles. The van der Waals surface area contributed by atoms with Crippen LogP contribution in [0.25, 0.3) is 0 Å². The summed E-state index contributed by atoms with van der Waals surface area (Å²) in [5.74, 6) is 0. The second-order valence-electron chi connectivity index (χ2n) is 3.44. The minimum Gasteiger partial charge on any atom is -0.447 e. The van der Waals surface area contributed by atoms with Crippen LogP contribution in [-0.2, 0) is 14.3 Å². The number of aliphatic imine (C=N–C) groups is 1. The molecular weight excluding hydrogens is 236 g/mol. The van der Waals surface area contributed by atoms with Gasteiger partial charge in [0.05, 0.1) is 13.2 Å². The Balaban J connectivity index is 0. The maximum atomic E-state index is 11.0. The summed E-state index contributed by atoms with van der Waals surface area (Å²) in [7, 11) is 1.55. The molecule has 0 aromatic heterocycles. The first-order chi connectivity index (χ1) is 8.31. The number of methoxy groups -OCH3 is 1. The van der Waals surface area contributed by atoms with Gasteiger partial charge in [0, 0.05) is 13.7 Å². The van der Waals surface area contributed by atoms with Crippen molar-refractivity contribution in [1.82, 2.24) is 5.32 Å². The van der Waals surface area contributed by atoms with Gasteiger partial charge in [-0.2, -0.15) is 0 Å². The fraction of sp³-hybridized carbons (Fsp3) is 0.833. The predicted octanol–water partition coefficient (Wildman–Crippen LogP) is 1.89. The number of nitrogens with one attached hydrogen (secondary N) is 1. The Kier molecular flexibility index (Phi) is 16.4. The molecule has 0 saturated carbocycles. The zero-order valence-corrected chi connectivity index (χ0v) is 10.2. The summed E-state index contributed by atoms with van der Waals surface area (Å²) in [4.78, 5) is 24.3. The Hall–Kier alpha value is -1.39. The first kappa shape index (κ1) is 19.0. The third kappa shape index (κ3) is 14.6. The standard InChI is InChI=1S/C11H20N2O4.CH4/c1-16-8-9-17-11(15)13-7-5-3-2-4-6-12-10-14;/h2-9H2,1H3,(H,13,15);1H4. The van der Waals surface area contributed by atoms with E-state index in [9.17, 15) is 9.59 Å². The summed E-state index contributed by atoms with van der Waals surface area (Å²) in [6, 6.07) is 0. The topological polar surface area (TPSA) is 77.0 Å². The minimum atomic E-state index is -0.410. The molecule has 0 aliphatic heterocycles. The van der Waals surface area contributed by atoms with Crippen LogP contribution in [0.4, 0.5) is 4.79 Å². The number of nitrogens with zero attached hydrogens (tertiary/aromatic N) is 1. The van der Waals surface area contributed by atoms with Gasteiger partial charge >= 0.3 is 6.09 Å². The number of hydrogen-bond donors (Lipinski definition) is 1. The molecule has 0 bridgehead atoms. The van der Waals surface area contributed by atoms with E-state index < -0.39 is 6.09 Å². The maximum absolute atomic E-state index is 11.0. The van der Waals surface area contributed by atoms with Gasteiger partial charge in [-0.05, 0) is 12.8 Å². The fourth-order valence-corrected chi connectivity index (χ4v) is 1.17. The van der Waals surface area contributed by atoms with Crippen molar-refractivity contribution in [3.05, 3.63) is 0 Å². The van der Waals surface area contributed by atoms with E-state index in [0.717, 1.165) is 25.7 Å². The van der Waals surface area contributed by atoms with Crippen molar-refractivity contribution in [1.29, 1.82) is 0 Å². The highest BCUT2D eigenvalue weighted by Gasteiger charge is 1.99. The Bertz CT molecular complexity index is 240. The molecule has 0 atom stereocenters. The average molecular weight is 260 g/mol.